The monoisotopic (exact) mass is 425 g/mol. The smallest absolute Gasteiger partial charge is 0.253 e. The third kappa shape index (κ3) is 4.33. The van der Waals surface area contributed by atoms with Crippen LogP contribution in [-0.4, -0.2) is 26.4 Å². The van der Waals surface area contributed by atoms with Gasteiger partial charge < -0.3 is 9.12 Å². The van der Waals surface area contributed by atoms with Gasteiger partial charge in [-0.2, -0.15) is 0 Å². The van der Waals surface area contributed by atoms with Crippen LogP contribution >= 0.6 is 0 Å². The molecule has 156 valence electrons. The van der Waals surface area contributed by atoms with Gasteiger partial charge in [0.25, 0.3) is 5.56 Å². The Morgan fingerprint density at radius 3 is 2.80 bits per heavy atom. The number of aryl methyl sites for hydroxylation is 2. The first-order valence-corrected chi connectivity index (χ1v) is 11.5. The lowest BCUT2D eigenvalue weighted by molar-refractivity contribution is 0.313. The van der Waals surface area contributed by atoms with Gasteiger partial charge in [-0.1, -0.05) is 24.3 Å². The molecule has 3 aromatic rings. The van der Waals surface area contributed by atoms with E-state index in [2.05, 4.69) is 4.72 Å². The van der Waals surface area contributed by atoms with Gasteiger partial charge in [-0.3, -0.25) is 9.78 Å². The van der Waals surface area contributed by atoms with Gasteiger partial charge in [0, 0.05) is 40.3 Å². The second-order valence-electron chi connectivity index (χ2n) is 7.70. The van der Waals surface area contributed by atoms with E-state index in [0.29, 0.717) is 23.2 Å². The first-order valence-electron chi connectivity index (χ1n) is 9.95. The number of nitrogens with one attached hydrogen (secondary N) is 1. The molecule has 1 N–H and O–H groups in total. The number of nitrogens with zero attached hydrogens (tertiary/aromatic N) is 2. The summed E-state index contributed by atoms with van der Waals surface area (Å²) in [4.78, 5) is 17.7. The van der Waals surface area contributed by atoms with Gasteiger partial charge in [-0.25, -0.2) is 4.39 Å². The first-order chi connectivity index (χ1) is 14.4. The number of fused-ring (bicyclic) bond motifs is 1. The zero-order valence-corrected chi connectivity index (χ0v) is 17.8. The molecule has 0 amide bonds. The standard InChI is InChI=1S/C23H24FN3O2S/c1-15-9-10-19-11-12-21(26-30(2)29)22(27(19)23(15)28)14-18-7-4-8-20(25-18)16-5-3-6-17(24)13-16/h3-10,13,21-22,26H,11-12,14H2,1-2H3. The Balaban J connectivity index is 1.72. The van der Waals surface area contributed by atoms with E-state index in [-0.39, 0.29) is 23.5 Å². The van der Waals surface area contributed by atoms with Crippen LogP contribution < -0.4 is 10.3 Å². The van der Waals surface area contributed by atoms with Crippen molar-refractivity contribution >= 4 is 11.4 Å². The maximum atomic E-state index is 13.6. The minimum atomic E-state index is -1.19. The van der Waals surface area contributed by atoms with E-state index in [1.165, 1.54) is 12.1 Å². The highest BCUT2D eigenvalue weighted by molar-refractivity contribution is 7.88. The lowest BCUT2D eigenvalue weighted by Crippen LogP contribution is -2.48. The summed E-state index contributed by atoms with van der Waals surface area (Å²) in [6.07, 6.45) is 3.65. The Hall–Kier alpha value is -2.48. The zero-order valence-electron chi connectivity index (χ0n) is 17.0. The molecular formula is C23H24FN3O2S. The van der Waals surface area contributed by atoms with Gasteiger partial charge in [0.2, 0.25) is 0 Å². The van der Waals surface area contributed by atoms with E-state index >= 15 is 0 Å². The van der Waals surface area contributed by atoms with Crippen LogP contribution in [-0.2, 0) is 24.2 Å². The quantitative estimate of drug-likeness (QED) is 0.637. The predicted octanol–water partition coefficient (Wildman–Crippen LogP) is 3.34. The fourth-order valence-electron chi connectivity index (χ4n) is 4.14. The largest absolute Gasteiger partial charge is 0.598 e. The zero-order chi connectivity index (χ0) is 21.3. The Bertz CT molecular complexity index is 1120. The van der Waals surface area contributed by atoms with E-state index in [1.54, 1.807) is 12.3 Å². The Kier molecular flexibility index (Phi) is 6.04. The number of benzene rings is 1. The molecule has 3 atom stereocenters. The van der Waals surface area contributed by atoms with Crippen molar-refractivity contribution in [3.63, 3.8) is 0 Å². The average Bonchev–Trinajstić information content (AvgIpc) is 2.72. The molecule has 0 saturated heterocycles. The summed E-state index contributed by atoms with van der Waals surface area (Å²) in [5.41, 5.74) is 3.84. The molecule has 7 heteroatoms. The molecule has 1 aliphatic heterocycles. The first kappa shape index (κ1) is 20.8. The van der Waals surface area contributed by atoms with Crippen molar-refractivity contribution < 1.29 is 8.94 Å². The van der Waals surface area contributed by atoms with Crippen LogP contribution in [0.5, 0.6) is 0 Å². The fraction of sp³-hybridized carbons (Fsp3) is 0.304. The predicted molar refractivity (Wildman–Crippen MR) is 117 cm³/mol. The van der Waals surface area contributed by atoms with Crippen molar-refractivity contribution in [1.29, 1.82) is 0 Å². The molecular weight excluding hydrogens is 401 g/mol. The van der Waals surface area contributed by atoms with E-state index in [4.69, 9.17) is 4.98 Å². The third-order valence-corrected chi connectivity index (χ3v) is 6.20. The van der Waals surface area contributed by atoms with Gasteiger partial charge in [-0.05, 0) is 50.1 Å². The maximum Gasteiger partial charge on any atom is 0.253 e. The molecule has 3 unspecified atom stereocenters. The van der Waals surface area contributed by atoms with Gasteiger partial charge >= 0.3 is 0 Å². The molecule has 0 fully saturated rings. The van der Waals surface area contributed by atoms with Crippen molar-refractivity contribution in [3.05, 3.63) is 87.7 Å². The molecule has 1 aromatic carbocycles. The van der Waals surface area contributed by atoms with E-state index in [9.17, 15) is 13.7 Å². The van der Waals surface area contributed by atoms with Gasteiger partial charge in [0.15, 0.2) is 0 Å². The third-order valence-electron chi connectivity index (χ3n) is 5.56. The summed E-state index contributed by atoms with van der Waals surface area (Å²) < 4.78 is 30.5. The fourth-order valence-corrected chi connectivity index (χ4v) is 4.84. The molecule has 3 heterocycles. The highest BCUT2D eigenvalue weighted by Crippen LogP contribution is 2.28. The number of halogens is 1. The molecule has 4 rings (SSSR count). The van der Waals surface area contributed by atoms with Crippen LogP contribution in [0.15, 0.2) is 59.4 Å². The molecule has 2 aromatic heterocycles. The molecule has 30 heavy (non-hydrogen) atoms. The minimum absolute atomic E-state index is 0.0211. The van der Waals surface area contributed by atoms with Crippen molar-refractivity contribution in [1.82, 2.24) is 14.3 Å². The summed E-state index contributed by atoms with van der Waals surface area (Å²) in [6.45, 7) is 1.81. The maximum absolute atomic E-state index is 13.6. The van der Waals surface area contributed by atoms with Crippen LogP contribution in [0.3, 0.4) is 0 Å². The lowest BCUT2D eigenvalue weighted by atomic mass is 9.92. The number of pyridine rings is 2. The highest BCUT2D eigenvalue weighted by Gasteiger charge is 2.33. The summed E-state index contributed by atoms with van der Waals surface area (Å²) in [6, 6.07) is 15.5. The number of hydrogen-bond acceptors (Lipinski definition) is 4. The van der Waals surface area contributed by atoms with Crippen molar-refractivity contribution in [2.24, 2.45) is 0 Å². The van der Waals surface area contributed by atoms with Gasteiger partial charge in [0.1, 0.15) is 12.1 Å². The summed E-state index contributed by atoms with van der Waals surface area (Å²) in [5.74, 6) is -0.308. The van der Waals surface area contributed by atoms with Crippen LogP contribution in [0, 0.1) is 12.7 Å². The molecule has 0 bridgehead atoms. The SMILES string of the molecule is Cc1ccc2n(c1=O)C(Cc1cccc(-c3cccc(F)c3)n1)C(N[S+](C)[O-])CC2. The number of aromatic nitrogens is 2. The number of hydrogen-bond donors (Lipinski definition) is 1. The average molecular weight is 426 g/mol. The lowest BCUT2D eigenvalue weighted by Gasteiger charge is -2.35. The van der Waals surface area contributed by atoms with Crippen LogP contribution in [0.2, 0.25) is 0 Å². The van der Waals surface area contributed by atoms with Gasteiger partial charge in [-0.15, -0.1) is 4.72 Å². The van der Waals surface area contributed by atoms with Crippen molar-refractivity contribution in [3.8, 4) is 11.3 Å². The van der Waals surface area contributed by atoms with E-state index in [1.807, 2.05) is 47.9 Å². The van der Waals surface area contributed by atoms with Crippen LogP contribution in [0.4, 0.5) is 4.39 Å². The second kappa shape index (κ2) is 8.71. The summed E-state index contributed by atoms with van der Waals surface area (Å²) in [7, 11) is 0. The Labute approximate surface area is 178 Å². The minimum Gasteiger partial charge on any atom is -0.598 e. The molecule has 0 saturated carbocycles. The van der Waals surface area contributed by atoms with E-state index in [0.717, 1.165) is 24.2 Å². The molecule has 0 radical (unpaired) electrons. The van der Waals surface area contributed by atoms with E-state index < -0.39 is 11.4 Å². The molecule has 0 spiro atoms. The van der Waals surface area contributed by atoms with Gasteiger partial charge in [0.05, 0.1) is 17.8 Å². The topological polar surface area (TPSA) is 70.0 Å². The van der Waals surface area contributed by atoms with Crippen LogP contribution in [0.25, 0.3) is 11.3 Å². The molecule has 5 nitrogen and oxygen atoms in total. The normalized spacial score (nSPS) is 19.3. The molecule has 0 aliphatic carbocycles. The second-order valence-corrected chi connectivity index (χ2v) is 8.84. The Morgan fingerprint density at radius 2 is 2.03 bits per heavy atom. The van der Waals surface area contributed by atoms with Crippen molar-refractivity contribution in [2.75, 3.05) is 6.26 Å². The summed E-state index contributed by atoms with van der Waals surface area (Å²) >= 11 is -1.19. The van der Waals surface area contributed by atoms with Crippen LogP contribution in [0.1, 0.15) is 29.4 Å². The van der Waals surface area contributed by atoms with Crippen molar-refractivity contribution in [2.45, 2.75) is 38.3 Å². The number of rotatable bonds is 5. The summed E-state index contributed by atoms with van der Waals surface area (Å²) in [5, 5.41) is 0. The Morgan fingerprint density at radius 1 is 1.23 bits per heavy atom. The molecule has 1 aliphatic rings. The highest BCUT2D eigenvalue weighted by atomic mass is 32.2.